The smallest absolute Gasteiger partial charge is 0.346 e. The van der Waals surface area contributed by atoms with Crippen LogP contribution in [0.2, 0.25) is 0 Å². The second-order valence-corrected chi connectivity index (χ2v) is 5.98. The maximum atomic E-state index is 12.4. The molecule has 128 valence electrons. The van der Waals surface area contributed by atoms with Crippen molar-refractivity contribution in [2.75, 3.05) is 14.2 Å². The molecule has 0 N–H and O–H groups in total. The average molecular weight is 355 g/mol. The third-order valence-electron chi connectivity index (χ3n) is 3.56. The molecule has 6 heteroatoms. The Bertz CT molecular complexity index is 839. The van der Waals surface area contributed by atoms with Crippen LogP contribution in [0.25, 0.3) is 10.6 Å². The van der Waals surface area contributed by atoms with Gasteiger partial charge in [-0.1, -0.05) is 36.4 Å². The highest BCUT2D eigenvalue weighted by Gasteiger charge is 2.20. The van der Waals surface area contributed by atoms with Crippen LogP contribution in [0.4, 0.5) is 0 Å². The molecule has 0 amide bonds. The van der Waals surface area contributed by atoms with Gasteiger partial charge < -0.3 is 14.2 Å². The van der Waals surface area contributed by atoms with Gasteiger partial charge in [-0.05, 0) is 12.1 Å². The Morgan fingerprint density at radius 3 is 2.32 bits per heavy atom. The largest absolute Gasteiger partial charge is 0.496 e. The zero-order valence-electron chi connectivity index (χ0n) is 13.9. The predicted molar refractivity (Wildman–Crippen MR) is 96.2 cm³/mol. The summed E-state index contributed by atoms with van der Waals surface area (Å²) in [6.45, 7) is 0.0867. The molecule has 2 aromatic carbocycles. The molecule has 0 spiro atoms. The second-order valence-electron chi connectivity index (χ2n) is 5.12. The quantitative estimate of drug-likeness (QED) is 0.621. The minimum absolute atomic E-state index is 0.0867. The molecule has 0 atom stereocenters. The Morgan fingerprint density at radius 1 is 1.00 bits per heavy atom. The van der Waals surface area contributed by atoms with Gasteiger partial charge in [-0.2, -0.15) is 0 Å². The lowest BCUT2D eigenvalue weighted by Gasteiger charge is -2.11. The van der Waals surface area contributed by atoms with Crippen molar-refractivity contribution in [3.8, 4) is 22.1 Å². The fraction of sp³-hybridized carbons (Fsp3) is 0.158. The number of hydrogen-bond acceptors (Lipinski definition) is 6. The lowest BCUT2D eigenvalue weighted by Crippen LogP contribution is -2.09. The van der Waals surface area contributed by atoms with E-state index in [1.807, 2.05) is 35.7 Å². The highest BCUT2D eigenvalue weighted by molar-refractivity contribution is 7.13. The molecule has 0 radical (unpaired) electrons. The highest BCUT2D eigenvalue weighted by atomic mass is 32.1. The number of esters is 1. The Balaban J connectivity index is 1.72. The van der Waals surface area contributed by atoms with E-state index in [4.69, 9.17) is 14.2 Å². The van der Waals surface area contributed by atoms with Crippen LogP contribution in [0.3, 0.4) is 0 Å². The van der Waals surface area contributed by atoms with E-state index in [0.29, 0.717) is 17.2 Å². The molecule has 1 heterocycles. The molecule has 0 aliphatic carbocycles. The number of methoxy groups -OCH3 is 2. The monoisotopic (exact) mass is 355 g/mol. The van der Waals surface area contributed by atoms with Crippen molar-refractivity contribution in [1.82, 2.24) is 4.98 Å². The summed E-state index contributed by atoms with van der Waals surface area (Å²) in [6.07, 6.45) is 0. The number of rotatable bonds is 6. The maximum absolute atomic E-state index is 12.4. The van der Waals surface area contributed by atoms with E-state index in [2.05, 4.69) is 4.98 Å². The summed E-state index contributed by atoms with van der Waals surface area (Å²) < 4.78 is 15.9. The number of thiazole rings is 1. The van der Waals surface area contributed by atoms with Crippen LogP contribution in [0.5, 0.6) is 11.5 Å². The fourth-order valence-electron chi connectivity index (χ4n) is 2.35. The van der Waals surface area contributed by atoms with Crippen molar-refractivity contribution in [3.05, 3.63) is 65.2 Å². The van der Waals surface area contributed by atoms with E-state index < -0.39 is 5.97 Å². The minimum Gasteiger partial charge on any atom is -0.496 e. The molecule has 0 saturated heterocycles. The van der Waals surface area contributed by atoms with Crippen LogP contribution in [-0.4, -0.2) is 25.2 Å². The van der Waals surface area contributed by atoms with Crippen LogP contribution in [0.1, 0.15) is 16.1 Å². The fourth-order valence-corrected chi connectivity index (χ4v) is 3.16. The first-order chi connectivity index (χ1) is 12.2. The molecule has 1 aromatic heterocycles. The average Bonchev–Trinajstić information content (AvgIpc) is 3.15. The first-order valence-corrected chi connectivity index (χ1v) is 8.49. The van der Waals surface area contributed by atoms with Gasteiger partial charge in [0.15, 0.2) is 0 Å². The van der Waals surface area contributed by atoms with E-state index in [0.717, 1.165) is 10.6 Å². The minimum atomic E-state index is -0.511. The third kappa shape index (κ3) is 3.80. The van der Waals surface area contributed by atoms with E-state index in [1.165, 1.54) is 25.6 Å². The van der Waals surface area contributed by atoms with Crippen molar-refractivity contribution in [1.29, 1.82) is 0 Å². The van der Waals surface area contributed by atoms with Crippen LogP contribution >= 0.6 is 11.3 Å². The summed E-state index contributed by atoms with van der Waals surface area (Å²) in [5.41, 5.74) is 2.01. The van der Waals surface area contributed by atoms with Crippen LogP contribution in [0.15, 0.2) is 53.9 Å². The number of ether oxygens (including phenoxy) is 3. The van der Waals surface area contributed by atoms with Gasteiger partial charge >= 0.3 is 5.97 Å². The Morgan fingerprint density at radius 2 is 1.68 bits per heavy atom. The lowest BCUT2D eigenvalue weighted by molar-refractivity contribution is 0.0461. The molecule has 3 rings (SSSR count). The van der Waals surface area contributed by atoms with Crippen molar-refractivity contribution in [2.24, 2.45) is 0 Å². The summed E-state index contributed by atoms with van der Waals surface area (Å²) in [6, 6.07) is 15.0. The number of nitrogens with zero attached hydrogens (tertiary/aromatic N) is 1. The van der Waals surface area contributed by atoms with E-state index in [1.54, 1.807) is 18.2 Å². The van der Waals surface area contributed by atoms with Gasteiger partial charge in [0.05, 0.1) is 19.9 Å². The van der Waals surface area contributed by atoms with Crippen molar-refractivity contribution < 1.29 is 19.0 Å². The summed E-state index contributed by atoms with van der Waals surface area (Å²) in [4.78, 5) is 17.0. The van der Waals surface area contributed by atoms with Crippen LogP contribution in [-0.2, 0) is 11.3 Å². The number of carbonyl (C=O) groups is 1. The first-order valence-electron chi connectivity index (χ1n) is 7.61. The van der Waals surface area contributed by atoms with Gasteiger partial charge in [0, 0.05) is 10.9 Å². The van der Waals surface area contributed by atoms with Gasteiger partial charge in [-0.15, -0.1) is 11.3 Å². The highest BCUT2D eigenvalue weighted by Crippen LogP contribution is 2.29. The van der Waals surface area contributed by atoms with Crippen molar-refractivity contribution in [3.63, 3.8) is 0 Å². The van der Waals surface area contributed by atoms with Gasteiger partial charge in [0.25, 0.3) is 0 Å². The zero-order valence-corrected chi connectivity index (χ0v) is 14.7. The normalized spacial score (nSPS) is 10.3. The summed E-state index contributed by atoms with van der Waals surface area (Å²) in [7, 11) is 3.00. The number of hydrogen-bond donors (Lipinski definition) is 0. The summed E-state index contributed by atoms with van der Waals surface area (Å²) in [5.74, 6) is 0.309. The van der Waals surface area contributed by atoms with Gasteiger partial charge in [-0.25, -0.2) is 9.78 Å². The Kier molecular flexibility index (Phi) is 5.30. The lowest BCUT2D eigenvalue weighted by atomic mass is 10.2. The number of carbonyl (C=O) groups excluding carboxylic acids is 1. The predicted octanol–water partition coefficient (Wildman–Crippen LogP) is 4.18. The van der Waals surface area contributed by atoms with Crippen molar-refractivity contribution >= 4 is 17.3 Å². The van der Waals surface area contributed by atoms with Gasteiger partial charge in [-0.3, -0.25) is 0 Å². The molecule has 0 unspecified atom stereocenters. The molecule has 3 aromatic rings. The molecule has 0 saturated carbocycles. The SMILES string of the molecule is COc1cccc(OC)c1C(=O)OCc1csc(-c2ccccc2)n1. The molecule has 0 fully saturated rings. The Hall–Kier alpha value is -2.86. The van der Waals surface area contributed by atoms with Crippen LogP contribution < -0.4 is 9.47 Å². The topological polar surface area (TPSA) is 57.7 Å². The third-order valence-corrected chi connectivity index (χ3v) is 4.50. The van der Waals surface area contributed by atoms with E-state index in [9.17, 15) is 4.79 Å². The molecular formula is C19H17NO4S. The zero-order chi connectivity index (χ0) is 17.6. The van der Waals surface area contributed by atoms with Crippen molar-refractivity contribution in [2.45, 2.75) is 6.61 Å². The van der Waals surface area contributed by atoms with E-state index in [-0.39, 0.29) is 12.2 Å². The molecular weight excluding hydrogens is 338 g/mol. The summed E-state index contributed by atoms with van der Waals surface area (Å²) >= 11 is 1.51. The first kappa shape index (κ1) is 17.0. The van der Waals surface area contributed by atoms with Gasteiger partial charge in [0.2, 0.25) is 0 Å². The molecule has 5 nitrogen and oxygen atoms in total. The number of aromatic nitrogens is 1. The second kappa shape index (κ2) is 7.81. The molecule has 0 aliphatic rings. The molecule has 25 heavy (non-hydrogen) atoms. The molecule has 0 bridgehead atoms. The summed E-state index contributed by atoms with van der Waals surface area (Å²) in [5, 5.41) is 2.77. The standard InChI is InChI=1S/C19H17NO4S/c1-22-15-9-6-10-16(23-2)17(15)19(21)24-11-14-12-25-18(20-14)13-7-4-3-5-8-13/h3-10,12H,11H2,1-2H3. The number of benzene rings is 2. The van der Waals surface area contributed by atoms with Gasteiger partial charge in [0.1, 0.15) is 28.7 Å². The van der Waals surface area contributed by atoms with E-state index >= 15 is 0 Å². The Labute approximate surface area is 149 Å². The molecule has 0 aliphatic heterocycles. The van der Waals surface area contributed by atoms with Crippen LogP contribution in [0, 0.1) is 0 Å². The maximum Gasteiger partial charge on any atom is 0.346 e.